The van der Waals surface area contributed by atoms with Gasteiger partial charge < -0.3 is 10.2 Å². The van der Waals surface area contributed by atoms with E-state index in [0.717, 1.165) is 19.6 Å². The van der Waals surface area contributed by atoms with Crippen LogP contribution in [0.25, 0.3) is 0 Å². The Balaban J connectivity index is 2.77. The average molecular weight is 256 g/mol. The second-order valence-corrected chi connectivity index (χ2v) is 4.29. The predicted octanol–water partition coefficient (Wildman–Crippen LogP) is 2.96. The van der Waals surface area contributed by atoms with Crippen molar-refractivity contribution in [1.82, 2.24) is 10.2 Å². The molecule has 1 N–H and O–H groups in total. The zero-order valence-corrected chi connectivity index (χ0v) is 11.3. The monoisotopic (exact) mass is 256 g/mol. The van der Waals surface area contributed by atoms with Gasteiger partial charge in [0.15, 0.2) is 0 Å². The summed E-state index contributed by atoms with van der Waals surface area (Å²) in [6.45, 7) is 6.90. The van der Waals surface area contributed by atoms with Crippen LogP contribution in [-0.4, -0.2) is 31.6 Å². The first-order chi connectivity index (χ1) is 8.63. The smallest absolute Gasteiger partial charge is 0.130 e. The third-order valence-electron chi connectivity index (χ3n) is 3.33. The first kappa shape index (κ1) is 15.1. The number of nitrogens with zero attached hydrogens (tertiary/aromatic N) is 1. The van der Waals surface area contributed by atoms with Crippen LogP contribution in [0.1, 0.15) is 31.9 Å². The zero-order valence-electron chi connectivity index (χ0n) is 11.3. The second kappa shape index (κ2) is 7.44. The largest absolute Gasteiger partial charge is 0.313 e. The van der Waals surface area contributed by atoms with Crippen molar-refractivity contribution >= 4 is 0 Å². The summed E-state index contributed by atoms with van der Waals surface area (Å²) < 4.78 is 27.4. The summed E-state index contributed by atoms with van der Waals surface area (Å²) in [6, 6.07) is 3.72. The van der Waals surface area contributed by atoms with Gasteiger partial charge in [-0.25, -0.2) is 8.78 Å². The SMILES string of the molecule is CCN(CC)CCC(NC)c1c(F)cccc1F. The summed E-state index contributed by atoms with van der Waals surface area (Å²) in [5, 5.41) is 3.00. The summed E-state index contributed by atoms with van der Waals surface area (Å²) in [5.74, 6) is -0.956. The standard InChI is InChI=1S/C14H22F2N2/c1-4-18(5-2)10-9-13(17-3)14-11(15)7-6-8-12(14)16/h6-8,13,17H,4-5,9-10H2,1-3H3. The summed E-state index contributed by atoms with van der Waals surface area (Å²) in [6.07, 6.45) is 0.691. The van der Waals surface area contributed by atoms with Gasteiger partial charge in [-0.3, -0.25) is 0 Å². The van der Waals surface area contributed by atoms with Crippen molar-refractivity contribution in [2.75, 3.05) is 26.7 Å². The van der Waals surface area contributed by atoms with Crippen LogP contribution < -0.4 is 5.32 Å². The molecule has 1 atom stereocenters. The molecule has 0 radical (unpaired) electrons. The molecule has 2 nitrogen and oxygen atoms in total. The number of rotatable bonds is 7. The molecule has 0 aromatic heterocycles. The molecule has 0 aliphatic carbocycles. The van der Waals surface area contributed by atoms with Crippen LogP contribution in [-0.2, 0) is 0 Å². The molecule has 1 aromatic rings. The van der Waals surface area contributed by atoms with Gasteiger partial charge in [-0.1, -0.05) is 19.9 Å². The van der Waals surface area contributed by atoms with Crippen LogP contribution in [0.2, 0.25) is 0 Å². The Morgan fingerprint density at radius 1 is 1.17 bits per heavy atom. The van der Waals surface area contributed by atoms with Gasteiger partial charge in [0.05, 0.1) is 0 Å². The molecule has 0 saturated heterocycles. The Hall–Kier alpha value is -1.00. The van der Waals surface area contributed by atoms with E-state index in [1.165, 1.54) is 18.2 Å². The molecule has 18 heavy (non-hydrogen) atoms. The van der Waals surface area contributed by atoms with Gasteiger partial charge in [-0.15, -0.1) is 0 Å². The quantitative estimate of drug-likeness (QED) is 0.807. The van der Waals surface area contributed by atoms with E-state index >= 15 is 0 Å². The van der Waals surface area contributed by atoms with Gasteiger partial charge in [0.2, 0.25) is 0 Å². The summed E-state index contributed by atoms with van der Waals surface area (Å²) in [5.41, 5.74) is 0.146. The third-order valence-corrected chi connectivity index (χ3v) is 3.33. The van der Waals surface area contributed by atoms with Crippen molar-refractivity contribution < 1.29 is 8.78 Å². The summed E-state index contributed by atoms with van der Waals surface area (Å²) >= 11 is 0. The maximum absolute atomic E-state index is 13.7. The van der Waals surface area contributed by atoms with Crippen LogP contribution >= 0.6 is 0 Å². The van der Waals surface area contributed by atoms with Crippen LogP contribution in [0.4, 0.5) is 8.78 Å². The van der Waals surface area contributed by atoms with Crippen molar-refractivity contribution in [3.63, 3.8) is 0 Å². The molecule has 0 aliphatic heterocycles. The van der Waals surface area contributed by atoms with E-state index in [0.29, 0.717) is 6.42 Å². The molecule has 1 unspecified atom stereocenters. The van der Waals surface area contributed by atoms with Crippen molar-refractivity contribution in [3.05, 3.63) is 35.4 Å². The highest BCUT2D eigenvalue weighted by molar-refractivity contribution is 5.23. The minimum atomic E-state index is -0.478. The number of hydrogen-bond donors (Lipinski definition) is 1. The molecular weight excluding hydrogens is 234 g/mol. The third kappa shape index (κ3) is 3.75. The van der Waals surface area contributed by atoms with Crippen molar-refractivity contribution in [3.8, 4) is 0 Å². The Kier molecular flexibility index (Phi) is 6.22. The molecule has 1 rings (SSSR count). The first-order valence-corrected chi connectivity index (χ1v) is 6.47. The second-order valence-electron chi connectivity index (χ2n) is 4.29. The Labute approximate surface area is 108 Å². The zero-order chi connectivity index (χ0) is 13.5. The molecule has 0 heterocycles. The van der Waals surface area contributed by atoms with E-state index in [1.54, 1.807) is 7.05 Å². The van der Waals surface area contributed by atoms with Crippen molar-refractivity contribution in [2.45, 2.75) is 26.3 Å². The maximum Gasteiger partial charge on any atom is 0.130 e. The highest BCUT2D eigenvalue weighted by Gasteiger charge is 2.18. The van der Waals surface area contributed by atoms with Crippen LogP contribution in [0.5, 0.6) is 0 Å². The molecular formula is C14H22F2N2. The number of halogens is 2. The van der Waals surface area contributed by atoms with Gasteiger partial charge >= 0.3 is 0 Å². The fraction of sp³-hybridized carbons (Fsp3) is 0.571. The fourth-order valence-electron chi connectivity index (χ4n) is 2.13. The normalized spacial score (nSPS) is 13.0. The topological polar surface area (TPSA) is 15.3 Å². The van der Waals surface area contributed by atoms with Gasteiger partial charge in [-0.05, 0) is 45.2 Å². The number of benzene rings is 1. The van der Waals surface area contributed by atoms with Crippen LogP contribution in [0.15, 0.2) is 18.2 Å². The molecule has 0 bridgehead atoms. The predicted molar refractivity (Wildman–Crippen MR) is 70.6 cm³/mol. The molecule has 1 aromatic carbocycles. The highest BCUT2D eigenvalue weighted by atomic mass is 19.1. The average Bonchev–Trinajstić information content (AvgIpc) is 2.37. The minimum absolute atomic E-state index is 0.146. The lowest BCUT2D eigenvalue weighted by atomic mass is 10.0. The molecule has 102 valence electrons. The summed E-state index contributed by atoms with van der Waals surface area (Å²) in [7, 11) is 1.73. The number of nitrogens with one attached hydrogen (secondary N) is 1. The lowest BCUT2D eigenvalue weighted by molar-refractivity contribution is 0.281. The van der Waals surface area contributed by atoms with Gasteiger partial charge in [0.1, 0.15) is 11.6 Å². The maximum atomic E-state index is 13.7. The molecule has 4 heteroatoms. The van der Waals surface area contributed by atoms with E-state index in [2.05, 4.69) is 24.1 Å². The van der Waals surface area contributed by atoms with Gasteiger partial charge in [0, 0.05) is 11.6 Å². The van der Waals surface area contributed by atoms with Gasteiger partial charge in [-0.2, -0.15) is 0 Å². The molecule has 0 fully saturated rings. The molecule has 0 aliphatic rings. The minimum Gasteiger partial charge on any atom is -0.313 e. The van der Waals surface area contributed by atoms with E-state index in [9.17, 15) is 8.78 Å². The van der Waals surface area contributed by atoms with E-state index < -0.39 is 11.6 Å². The van der Waals surface area contributed by atoms with Crippen LogP contribution in [0, 0.1) is 11.6 Å². The Bertz CT molecular complexity index is 345. The molecule has 0 amide bonds. The lowest BCUT2D eigenvalue weighted by Crippen LogP contribution is -2.29. The van der Waals surface area contributed by atoms with Crippen LogP contribution in [0.3, 0.4) is 0 Å². The molecule has 0 saturated carbocycles. The van der Waals surface area contributed by atoms with E-state index in [-0.39, 0.29) is 11.6 Å². The first-order valence-electron chi connectivity index (χ1n) is 6.47. The van der Waals surface area contributed by atoms with Crippen molar-refractivity contribution in [2.24, 2.45) is 0 Å². The Morgan fingerprint density at radius 3 is 2.17 bits per heavy atom. The fourth-order valence-corrected chi connectivity index (χ4v) is 2.13. The highest BCUT2D eigenvalue weighted by Crippen LogP contribution is 2.23. The molecule has 0 spiro atoms. The number of hydrogen-bond acceptors (Lipinski definition) is 2. The lowest BCUT2D eigenvalue weighted by Gasteiger charge is -2.23. The van der Waals surface area contributed by atoms with E-state index in [4.69, 9.17) is 0 Å². The van der Waals surface area contributed by atoms with E-state index in [1.807, 2.05) is 0 Å². The van der Waals surface area contributed by atoms with Crippen molar-refractivity contribution in [1.29, 1.82) is 0 Å². The summed E-state index contributed by atoms with van der Waals surface area (Å²) in [4.78, 5) is 2.24. The Morgan fingerprint density at radius 2 is 1.72 bits per heavy atom. The van der Waals surface area contributed by atoms with Gasteiger partial charge in [0.25, 0.3) is 0 Å².